The number of ether oxygens (including phenoxy) is 1. The molecule has 0 aliphatic carbocycles. The minimum Gasteiger partial charge on any atom is -0.349 e. The van der Waals surface area contributed by atoms with Crippen molar-refractivity contribution in [3.63, 3.8) is 0 Å². The van der Waals surface area contributed by atoms with Crippen molar-refractivity contribution in [2.24, 2.45) is 0 Å². The van der Waals surface area contributed by atoms with E-state index in [-0.39, 0.29) is 36.3 Å². The molecule has 0 aromatic heterocycles. The number of benzene rings is 2. The van der Waals surface area contributed by atoms with Crippen LogP contribution in [0.4, 0.5) is 0 Å². The lowest BCUT2D eigenvalue weighted by Gasteiger charge is -2.29. The van der Waals surface area contributed by atoms with Gasteiger partial charge in [-0.2, -0.15) is 8.61 Å². The van der Waals surface area contributed by atoms with Gasteiger partial charge >= 0.3 is 0 Å². The molecule has 3 rings (SSSR count). The molecular weight excluding hydrogens is 400 g/mol. The van der Waals surface area contributed by atoms with E-state index in [0.717, 1.165) is 11.1 Å². The molecule has 0 radical (unpaired) electrons. The lowest BCUT2D eigenvalue weighted by atomic mass is 10.2. The second-order valence-corrected chi connectivity index (χ2v) is 10.7. The second-order valence-electron chi connectivity index (χ2n) is 6.80. The minimum atomic E-state index is -3.69. The summed E-state index contributed by atoms with van der Waals surface area (Å²) in [5.41, 5.74) is 1.94. The van der Waals surface area contributed by atoms with E-state index in [9.17, 15) is 16.8 Å². The van der Waals surface area contributed by atoms with E-state index < -0.39 is 20.0 Å². The maximum Gasteiger partial charge on any atom is 0.245 e. The van der Waals surface area contributed by atoms with Crippen LogP contribution in [0.3, 0.4) is 0 Å². The highest BCUT2D eigenvalue weighted by molar-refractivity contribution is 7.89. The molecule has 2 aromatic carbocycles. The van der Waals surface area contributed by atoms with Crippen molar-refractivity contribution in [3.8, 4) is 0 Å². The fourth-order valence-corrected chi connectivity index (χ4v) is 5.62. The zero-order valence-electron chi connectivity index (χ0n) is 15.9. The molecule has 152 valence electrons. The summed E-state index contributed by atoms with van der Waals surface area (Å²) in [6.45, 7) is 3.73. The molecule has 1 aliphatic rings. The zero-order valence-corrected chi connectivity index (χ0v) is 17.5. The standard InChI is InChI=1S/C19H24N2O5S2/c1-16-4-8-18(9-5-16)27(22,23)20-12-3-13-21(15-26-14-20)28(24,25)19-10-6-17(2)7-11-19/h4-11H,3,12-15H2,1-2H3. The van der Waals surface area contributed by atoms with E-state index in [1.54, 1.807) is 48.5 Å². The quantitative estimate of drug-likeness (QED) is 0.752. The van der Waals surface area contributed by atoms with Crippen LogP contribution in [0.15, 0.2) is 58.3 Å². The van der Waals surface area contributed by atoms with Gasteiger partial charge in [0.25, 0.3) is 0 Å². The van der Waals surface area contributed by atoms with E-state index in [2.05, 4.69) is 0 Å². The van der Waals surface area contributed by atoms with Gasteiger partial charge in [-0.3, -0.25) is 0 Å². The third-order valence-electron chi connectivity index (χ3n) is 4.60. The molecule has 9 heteroatoms. The van der Waals surface area contributed by atoms with Gasteiger partial charge in [0.2, 0.25) is 20.0 Å². The number of hydrogen-bond acceptors (Lipinski definition) is 5. The van der Waals surface area contributed by atoms with Crippen LogP contribution in [-0.2, 0) is 24.8 Å². The predicted octanol–water partition coefficient (Wildman–Crippen LogP) is 2.32. The van der Waals surface area contributed by atoms with Crippen LogP contribution in [0.25, 0.3) is 0 Å². The molecule has 1 heterocycles. The first-order chi connectivity index (χ1) is 13.2. The van der Waals surface area contributed by atoms with Crippen molar-refractivity contribution in [2.45, 2.75) is 30.1 Å². The Labute approximate surface area is 166 Å². The van der Waals surface area contributed by atoms with Gasteiger partial charge in [-0.25, -0.2) is 16.8 Å². The molecule has 1 fully saturated rings. The average molecular weight is 425 g/mol. The maximum atomic E-state index is 12.8. The van der Waals surface area contributed by atoms with E-state index in [0.29, 0.717) is 6.42 Å². The Kier molecular flexibility index (Phi) is 6.21. The van der Waals surface area contributed by atoms with Crippen LogP contribution in [-0.4, -0.2) is 52.0 Å². The van der Waals surface area contributed by atoms with E-state index in [1.807, 2.05) is 13.8 Å². The fraction of sp³-hybridized carbons (Fsp3) is 0.368. The van der Waals surface area contributed by atoms with E-state index >= 15 is 0 Å². The average Bonchev–Trinajstić information content (AvgIpc) is 2.62. The Bertz CT molecular complexity index is 923. The topological polar surface area (TPSA) is 84.0 Å². The van der Waals surface area contributed by atoms with Gasteiger partial charge in [-0.1, -0.05) is 35.4 Å². The Morgan fingerprint density at radius 3 is 1.39 bits per heavy atom. The third-order valence-corrected chi connectivity index (χ3v) is 8.27. The number of nitrogens with zero attached hydrogens (tertiary/aromatic N) is 2. The van der Waals surface area contributed by atoms with Crippen molar-refractivity contribution in [2.75, 3.05) is 26.6 Å². The van der Waals surface area contributed by atoms with Crippen LogP contribution in [0.1, 0.15) is 17.5 Å². The monoisotopic (exact) mass is 424 g/mol. The Balaban J connectivity index is 1.72. The van der Waals surface area contributed by atoms with Crippen molar-refractivity contribution >= 4 is 20.0 Å². The summed E-state index contributed by atoms with van der Waals surface area (Å²) < 4.78 is 59.2. The zero-order chi connectivity index (χ0) is 20.4. The maximum absolute atomic E-state index is 12.8. The Hall–Kier alpha value is -1.78. The summed E-state index contributed by atoms with van der Waals surface area (Å²) in [6.07, 6.45) is 0.375. The predicted molar refractivity (Wildman–Crippen MR) is 106 cm³/mol. The van der Waals surface area contributed by atoms with Gasteiger partial charge < -0.3 is 4.74 Å². The van der Waals surface area contributed by atoms with Crippen LogP contribution < -0.4 is 0 Å². The number of hydrogen-bond donors (Lipinski definition) is 0. The van der Waals surface area contributed by atoms with Crippen LogP contribution in [0.5, 0.6) is 0 Å². The molecular formula is C19H24N2O5S2. The highest BCUT2D eigenvalue weighted by Crippen LogP contribution is 2.21. The summed E-state index contributed by atoms with van der Waals surface area (Å²) in [7, 11) is -7.38. The van der Waals surface area contributed by atoms with Gasteiger partial charge in [0, 0.05) is 13.1 Å². The molecule has 0 saturated carbocycles. The molecule has 0 N–H and O–H groups in total. The first-order valence-electron chi connectivity index (χ1n) is 8.93. The van der Waals surface area contributed by atoms with Gasteiger partial charge in [0.1, 0.15) is 13.5 Å². The van der Waals surface area contributed by atoms with Crippen molar-refractivity contribution in [1.82, 2.24) is 8.61 Å². The summed E-state index contributed by atoms with van der Waals surface area (Å²) in [4.78, 5) is 0.401. The van der Waals surface area contributed by atoms with Crippen LogP contribution >= 0.6 is 0 Å². The third kappa shape index (κ3) is 4.44. The number of rotatable bonds is 4. The lowest BCUT2D eigenvalue weighted by molar-refractivity contribution is 0.0115. The highest BCUT2D eigenvalue weighted by Gasteiger charge is 2.30. The SMILES string of the molecule is Cc1ccc(S(=O)(=O)N2CCCN(S(=O)(=O)c3ccc(C)cc3)COC2)cc1. The molecule has 7 nitrogen and oxygen atoms in total. The molecule has 0 atom stereocenters. The van der Waals surface area contributed by atoms with Crippen molar-refractivity contribution < 1.29 is 21.6 Å². The first-order valence-corrected chi connectivity index (χ1v) is 11.8. The van der Waals surface area contributed by atoms with Crippen molar-refractivity contribution in [3.05, 3.63) is 59.7 Å². The Morgan fingerprint density at radius 1 is 0.679 bits per heavy atom. The molecule has 0 unspecified atom stereocenters. The fourth-order valence-electron chi connectivity index (χ4n) is 2.89. The van der Waals surface area contributed by atoms with E-state index in [1.165, 1.54) is 8.61 Å². The molecule has 1 saturated heterocycles. The number of aryl methyl sites for hydroxylation is 2. The van der Waals surface area contributed by atoms with Crippen LogP contribution in [0, 0.1) is 13.8 Å². The molecule has 2 aromatic rings. The molecule has 0 spiro atoms. The second kappa shape index (κ2) is 8.30. The molecule has 0 bridgehead atoms. The van der Waals surface area contributed by atoms with E-state index in [4.69, 9.17) is 4.74 Å². The Morgan fingerprint density at radius 2 is 1.04 bits per heavy atom. The summed E-state index contributed by atoms with van der Waals surface area (Å²) in [5.74, 6) is 0. The van der Waals surface area contributed by atoms with Gasteiger partial charge in [0.05, 0.1) is 9.79 Å². The normalized spacial score (nSPS) is 17.8. The number of sulfonamides is 2. The summed E-state index contributed by atoms with van der Waals surface area (Å²) in [5, 5.41) is 0. The van der Waals surface area contributed by atoms with Crippen molar-refractivity contribution in [1.29, 1.82) is 0 Å². The summed E-state index contributed by atoms with van der Waals surface area (Å²) >= 11 is 0. The van der Waals surface area contributed by atoms with Gasteiger partial charge in [-0.15, -0.1) is 0 Å². The van der Waals surface area contributed by atoms with Gasteiger partial charge in [-0.05, 0) is 44.5 Å². The largest absolute Gasteiger partial charge is 0.349 e. The minimum absolute atomic E-state index is 0.177. The molecule has 0 amide bonds. The van der Waals surface area contributed by atoms with Gasteiger partial charge in [0.15, 0.2) is 0 Å². The molecule has 1 aliphatic heterocycles. The van der Waals surface area contributed by atoms with Crippen LogP contribution in [0.2, 0.25) is 0 Å². The first kappa shape index (κ1) is 20.9. The highest BCUT2D eigenvalue weighted by atomic mass is 32.2. The lowest BCUT2D eigenvalue weighted by Crippen LogP contribution is -2.43. The smallest absolute Gasteiger partial charge is 0.245 e. The molecule has 28 heavy (non-hydrogen) atoms. The summed E-state index contributed by atoms with van der Waals surface area (Å²) in [6, 6.07) is 13.2.